The second kappa shape index (κ2) is 5.15. The van der Waals surface area contributed by atoms with Crippen LogP contribution in [0, 0.1) is 0 Å². The largest absolute Gasteiger partial charge is 0.274 e. The number of hydrogen-bond acceptors (Lipinski definition) is 3. The molecule has 1 aliphatic carbocycles. The van der Waals surface area contributed by atoms with Gasteiger partial charge < -0.3 is 0 Å². The molecule has 1 aliphatic heterocycles. The number of carbonyl (C=O) groups excluding carboxylic acids is 2. The van der Waals surface area contributed by atoms with E-state index in [0.717, 1.165) is 12.2 Å². The third-order valence-electron chi connectivity index (χ3n) is 5.09. The van der Waals surface area contributed by atoms with Gasteiger partial charge in [0.2, 0.25) is 11.8 Å². The number of amides is 2. The van der Waals surface area contributed by atoms with Gasteiger partial charge in [-0.1, -0.05) is 38.2 Å². The highest BCUT2D eigenvalue weighted by Crippen LogP contribution is 2.68. The van der Waals surface area contributed by atoms with Gasteiger partial charge in [0, 0.05) is 6.42 Å². The molecule has 114 valence electrons. The van der Waals surface area contributed by atoms with E-state index in [0.29, 0.717) is 12.1 Å². The topological polar surface area (TPSA) is 37.4 Å². The minimum absolute atomic E-state index is 0.00877. The molecule has 0 bridgehead atoms. The van der Waals surface area contributed by atoms with Crippen LogP contribution in [-0.2, 0) is 15.0 Å². The van der Waals surface area contributed by atoms with Crippen LogP contribution in [0.4, 0.5) is 5.69 Å². The Hall–Kier alpha value is -1.23. The van der Waals surface area contributed by atoms with Gasteiger partial charge in [-0.25, -0.2) is 4.90 Å². The van der Waals surface area contributed by atoms with Gasteiger partial charge in [-0.2, -0.15) is 0 Å². The van der Waals surface area contributed by atoms with Gasteiger partial charge >= 0.3 is 0 Å². The maximum atomic E-state index is 12.4. The van der Waals surface area contributed by atoms with E-state index in [4.69, 9.17) is 7.85 Å². The summed E-state index contributed by atoms with van der Waals surface area (Å²) in [5.74, 6) is 0.639. The molecular formula is C17H20BNO2S. The Morgan fingerprint density at radius 1 is 1.27 bits per heavy atom. The van der Waals surface area contributed by atoms with Crippen molar-refractivity contribution in [1.29, 1.82) is 0 Å². The molecule has 0 spiro atoms. The van der Waals surface area contributed by atoms with E-state index < -0.39 is 0 Å². The van der Waals surface area contributed by atoms with E-state index in [1.54, 1.807) is 0 Å². The molecule has 0 N–H and O–H groups in total. The molecule has 1 saturated heterocycles. The Balaban J connectivity index is 1.82. The fourth-order valence-electron chi connectivity index (χ4n) is 3.31. The first-order valence-electron chi connectivity index (χ1n) is 7.68. The summed E-state index contributed by atoms with van der Waals surface area (Å²) in [5.41, 5.74) is 1.83. The minimum atomic E-state index is -0.231. The van der Waals surface area contributed by atoms with E-state index >= 15 is 0 Å². The second-order valence-electron chi connectivity index (χ2n) is 6.69. The van der Waals surface area contributed by atoms with Crippen LogP contribution >= 0.6 is 11.8 Å². The molecule has 3 nitrogen and oxygen atoms in total. The highest BCUT2D eigenvalue weighted by molar-refractivity contribution is 8.00. The van der Waals surface area contributed by atoms with Crippen LogP contribution < -0.4 is 4.90 Å². The summed E-state index contributed by atoms with van der Waals surface area (Å²) in [6.45, 7) is 6.21. The summed E-state index contributed by atoms with van der Waals surface area (Å²) in [6, 6.07) is 7.72. The van der Waals surface area contributed by atoms with Crippen molar-refractivity contribution < 1.29 is 9.59 Å². The average molecular weight is 313 g/mol. The van der Waals surface area contributed by atoms with Crippen molar-refractivity contribution in [3.05, 3.63) is 29.8 Å². The number of nitrogens with zero attached hydrogens (tertiary/aromatic N) is 1. The van der Waals surface area contributed by atoms with Crippen LogP contribution in [0.2, 0.25) is 5.31 Å². The van der Waals surface area contributed by atoms with Gasteiger partial charge in [-0.3, -0.25) is 9.59 Å². The molecule has 5 heteroatoms. The minimum Gasteiger partial charge on any atom is -0.274 e. The zero-order chi connectivity index (χ0) is 16.1. The molecule has 1 aromatic rings. The number of carbonyl (C=O) groups is 2. The van der Waals surface area contributed by atoms with Gasteiger partial charge in [0.1, 0.15) is 0 Å². The number of imide groups is 1. The van der Waals surface area contributed by atoms with E-state index in [1.165, 1.54) is 22.2 Å². The standard InChI is InChI=1S/C17H20BNO2S/c1-4-22-13-9-14(20)19(15(13)21)12-7-5-11(6-8-12)16(2)10-17(16,3)18/h5-8,13H,4,9-10H2,1-3H3. The lowest BCUT2D eigenvalue weighted by Crippen LogP contribution is -2.31. The van der Waals surface area contributed by atoms with Gasteiger partial charge in [-0.15, -0.1) is 11.8 Å². The molecule has 1 aromatic carbocycles. The van der Waals surface area contributed by atoms with E-state index in [2.05, 4.69) is 13.8 Å². The summed E-state index contributed by atoms with van der Waals surface area (Å²) in [6.07, 6.45) is 1.26. The maximum absolute atomic E-state index is 12.4. The van der Waals surface area contributed by atoms with Crippen LogP contribution in [0.5, 0.6) is 0 Å². The Bertz CT molecular complexity index is 628. The predicted molar refractivity (Wildman–Crippen MR) is 91.6 cm³/mol. The van der Waals surface area contributed by atoms with Gasteiger partial charge in [0.25, 0.3) is 0 Å². The van der Waals surface area contributed by atoms with Crippen LogP contribution in [0.25, 0.3) is 0 Å². The molecule has 22 heavy (non-hydrogen) atoms. The summed E-state index contributed by atoms with van der Waals surface area (Å²) in [5, 5.41) is -0.401. The van der Waals surface area contributed by atoms with Crippen LogP contribution in [0.15, 0.2) is 24.3 Å². The number of thioether (sulfide) groups is 1. The Labute approximate surface area is 137 Å². The SMILES string of the molecule is [B]C1(C)CC1(C)c1ccc(N2C(=O)CC(SCC)C2=O)cc1. The smallest absolute Gasteiger partial charge is 0.247 e. The van der Waals surface area contributed by atoms with Crippen LogP contribution in [0.3, 0.4) is 0 Å². The molecule has 3 rings (SSSR count). The second-order valence-corrected chi connectivity index (χ2v) is 8.17. The predicted octanol–water partition coefficient (Wildman–Crippen LogP) is 3.08. The summed E-state index contributed by atoms with van der Waals surface area (Å²) >= 11 is 1.54. The van der Waals surface area contributed by atoms with Crippen molar-refractivity contribution in [2.24, 2.45) is 0 Å². The summed E-state index contributed by atoms with van der Waals surface area (Å²) in [7, 11) is 6.21. The van der Waals surface area contributed by atoms with Crippen molar-refractivity contribution in [2.45, 2.75) is 49.6 Å². The van der Waals surface area contributed by atoms with Crippen LogP contribution in [0.1, 0.15) is 39.2 Å². The highest BCUT2D eigenvalue weighted by Gasteiger charge is 2.57. The van der Waals surface area contributed by atoms with Crippen molar-refractivity contribution in [3.8, 4) is 0 Å². The Kier molecular flexibility index (Phi) is 3.67. The quantitative estimate of drug-likeness (QED) is 0.633. The van der Waals surface area contributed by atoms with Crippen molar-refractivity contribution >= 4 is 37.1 Å². The zero-order valence-corrected chi connectivity index (χ0v) is 14.1. The molecule has 2 radical (unpaired) electrons. The average Bonchev–Trinajstić information content (AvgIpc) is 2.85. The number of hydrogen-bond donors (Lipinski definition) is 0. The molecule has 3 atom stereocenters. The third kappa shape index (κ3) is 2.30. The first-order chi connectivity index (χ1) is 10.3. The van der Waals surface area contributed by atoms with Crippen molar-refractivity contribution in [2.75, 3.05) is 10.7 Å². The summed E-state index contributed by atoms with van der Waals surface area (Å²) in [4.78, 5) is 25.8. The Morgan fingerprint density at radius 2 is 1.86 bits per heavy atom. The van der Waals surface area contributed by atoms with Gasteiger partial charge in [-0.05, 0) is 35.3 Å². The zero-order valence-electron chi connectivity index (χ0n) is 13.3. The fraction of sp³-hybridized carbons (Fsp3) is 0.529. The maximum Gasteiger partial charge on any atom is 0.247 e. The van der Waals surface area contributed by atoms with Gasteiger partial charge in [0.15, 0.2) is 0 Å². The first kappa shape index (κ1) is 15.7. The lowest BCUT2D eigenvalue weighted by Gasteiger charge is -2.19. The number of benzene rings is 1. The van der Waals surface area contributed by atoms with Crippen molar-refractivity contribution in [3.63, 3.8) is 0 Å². The van der Waals surface area contributed by atoms with Crippen molar-refractivity contribution in [1.82, 2.24) is 0 Å². The summed E-state index contributed by atoms with van der Waals surface area (Å²) < 4.78 is 0. The molecule has 1 heterocycles. The normalized spacial score (nSPS) is 34.3. The monoisotopic (exact) mass is 313 g/mol. The number of anilines is 1. The lowest BCUT2D eigenvalue weighted by atomic mass is 9.75. The number of rotatable bonds is 4. The van der Waals surface area contributed by atoms with E-state index in [9.17, 15) is 9.59 Å². The molecule has 2 amide bonds. The lowest BCUT2D eigenvalue weighted by molar-refractivity contribution is -0.121. The van der Waals surface area contributed by atoms with Crippen LogP contribution in [-0.4, -0.2) is 30.7 Å². The molecule has 2 fully saturated rings. The Morgan fingerprint density at radius 3 is 2.36 bits per heavy atom. The first-order valence-corrected chi connectivity index (χ1v) is 8.73. The van der Waals surface area contributed by atoms with Gasteiger partial charge in [0.05, 0.1) is 18.8 Å². The third-order valence-corrected chi connectivity index (χ3v) is 6.20. The highest BCUT2D eigenvalue weighted by atomic mass is 32.2. The molecule has 3 unspecified atom stereocenters. The van der Waals surface area contributed by atoms with E-state index in [1.807, 2.05) is 31.2 Å². The fourth-order valence-corrected chi connectivity index (χ4v) is 4.22. The molecule has 1 saturated carbocycles. The van der Waals surface area contributed by atoms with E-state index in [-0.39, 0.29) is 27.8 Å². The molecule has 0 aromatic heterocycles. The molecular weight excluding hydrogens is 293 g/mol. The molecule has 2 aliphatic rings.